The summed E-state index contributed by atoms with van der Waals surface area (Å²) in [6.07, 6.45) is 1.10. The number of hydrogen-bond donors (Lipinski definition) is 2. The van der Waals surface area contributed by atoms with Crippen LogP contribution in [0.3, 0.4) is 0 Å². The van der Waals surface area contributed by atoms with Crippen LogP contribution in [0.15, 0.2) is 52.9 Å². The van der Waals surface area contributed by atoms with Crippen LogP contribution >= 0.6 is 0 Å². The summed E-state index contributed by atoms with van der Waals surface area (Å²) < 4.78 is 29.5. The lowest BCUT2D eigenvalue weighted by atomic mass is 10.1. The Bertz CT molecular complexity index is 1220. The van der Waals surface area contributed by atoms with E-state index in [1.807, 2.05) is 20.8 Å². The van der Waals surface area contributed by atoms with E-state index in [0.717, 1.165) is 6.26 Å². The van der Waals surface area contributed by atoms with Crippen LogP contribution in [0.1, 0.15) is 47.2 Å². The quantitative estimate of drug-likeness (QED) is 0.644. The van der Waals surface area contributed by atoms with Gasteiger partial charge in [-0.1, -0.05) is 30.3 Å². The molecule has 1 aromatic heterocycles. The third-order valence-corrected chi connectivity index (χ3v) is 5.03. The van der Waals surface area contributed by atoms with Gasteiger partial charge in [0.2, 0.25) is 0 Å². The fourth-order valence-corrected chi connectivity index (χ4v) is 3.88. The number of furan rings is 1. The Balaban J connectivity index is 1.99. The second kappa shape index (κ2) is 7.95. The van der Waals surface area contributed by atoms with Crippen molar-refractivity contribution in [1.29, 1.82) is 0 Å². The maximum atomic E-state index is 13.0. The van der Waals surface area contributed by atoms with Crippen LogP contribution in [0.25, 0.3) is 11.0 Å². The van der Waals surface area contributed by atoms with Gasteiger partial charge in [-0.3, -0.25) is 9.59 Å². The highest BCUT2D eigenvalue weighted by atomic mass is 32.2. The molecule has 2 amide bonds. The van der Waals surface area contributed by atoms with Crippen molar-refractivity contribution in [2.24, 2.45) is 0 Å². The molecule has 0 aliphatic rings. The number of hydrogen-bond acceptors (Lipinski definition) is 5. The fraction of sp³-hybridized carbons (Fsp3) is 0.273. The van der Waals surface area contributed by atoms with Gasteiger partial charge in [-0.15, -0.1) is 0 Å². The SMILES string of the molecule is CC(C)(C)NC(=O)c1ccccc1NC(=O)c1oc2ccccc2c1CS(C)(=O)=O. The molecule has 30 heavy (non-hydrogen) atoms. The first-order valence-electron chi connectivity index (χ1n) is 9.36. The summed E-state index contributed by atoms with van der Waals surface area (Å²) >= 11 is 0. The van der Waals surface area contributed by atoms with Gasteiger partial charge < -0.3 is 15.1 Å². The van der Waals surface area contributed by atoms with E-state index in [4.69, 9.17) is 4.42 Å². The van der Waals surface area contributed by atoms with Crippen LogP contribution in [0.5, 0.6) is 0 Å². The number of rotatable bonds is 5. The minimum Gasteiger partial charge on any atom is -0.451 e. The Morgan fingerprint density at radius 2 is 1.60 bits per heavy atom. The molecule has 1 heterocycles. The normalized spacial score (nSPS) is 12.0. The molecule has 0 atom stereocenters. The summed E-state index contributed by atoms with van der Waals surface area (Å²) in [6, 6.07) is 13.5. The number of para-hydroxylation sites is 2. The second-order valence-electron chi connectivity index (χ2n) is 8.18. The van der Waals surface area contributed by atoms with E-state index in [2.05, 4.69) is 10.6 Å². The van der Waals surface area contributed by atoms with Crippen molar-refractivity contribution in [2.45, 2.75) is 32.1 Å². The van der Waals surface area contributed by atoms with Crippen LogP contribution in [0.2, 0.25) is 0 Å². The topological polar surface area (TPSA) is 105 Å². The largest absolute Gasteiger partial charge is 0.451 e. The van der Waals surface area contributed by atoms with Crippen LogP contribution in [0.4, 0.5) is 5.69 Å². The van der Waals surface area contributed by atoms with E-state index in [0.29, 0.717) is 27.8 Å². The van der Waals surface area contributed by atoms with Gasteiger partial charge in [0.05, 0.1) is 17.0 Å². The first kappa shape index (κ1) is 21.6. The minimum atomic E-state index is -3.41. The lowest BCUT2D eigenvalue weighted by Gasteiger charge is -2.21. The number of carbonyl (C=O) groups is 2. The number of benzene rings is 2. The average Bonchev–Trinajstić information content (AvgIpc) is 2.98. The maximum absolute atomic E-state index is 13.0. The number of amides is 2. The number of anilines is 1. The van der Waals surface area contributed by atoms with Gasteiger partial charge in [-0.05, 0) is 39.0 Å². The molecular formula is C22H24N2O5S. The van der Waals surface area contributed by atoms with Crippen molar-refractivity contribution >= 4 is 38.3 Å². The van der Waals surface area contributed by atoms with E-state index in [1.54, 1.807) is 48.5 Å². The second-order valence-corrected chi connectivity index (χ2v) is 10.3. The lowest BCUT2D eigenvalue weighted by molar-refractivity contribution is 0.0920. The van der Waals surface area contributed by atoms with Crippen LogP contribution in [-0.4, -0.2) is 32.0 Å². The third-order valence-electron chi connectivity index (χ3n) is 4.22. The highest BCUT2D eigenvalue weighted by molar-refractivity contribution is 7.89. The van der Waals surface area contributed by atoms with Crippen molar-refractivity contribution in [3.8, 4) is 0 Å². The standard InChI is InChI=1S/C22H24N2O5S/c1-22(2,3)24-20(25)15-10-5-7-11-17(15)23-21(26)19-16(13-30(4,27)28)14-9-6-8-12-18(14)29-19/h5-12H,13H2,1-4H3,(H,23,26)(H,24,25). The lowest BCUT2D eigenvalue weighted by Crippen LogP contribution is -2.40. The van der Waals surface area contributed by atoms with Gasteiger partial charge >= 0.3 is 0 Å². The molecule has 0 saturated heterocycles. The van der Waals surface area contributed by atoms with E-state index >= 15 is 0 Å². The molecule has 7 nitrogen and oxygen atoms in total. The van der Waals surface area contributed by atoms with Crippen molar-refractivity contribution in [3.05, 3.63) is 65.4 Å². The highest BCUT2D eigenvalue weighted by Crippen LogP contribution is 2.28. The Kier molecular flexibility index (Phi) is 5.72. The Labute approximate surface area is 175 Å². The molecule has 158 valence electrons. The first-order chi connectivity index (χ1) is 13.9. The van der Waals surface area contributed by atoms with Crippen molar-refractivity contribution in [3.63, 3.8) is 0 Å². The summed E-state index contributed by atoms with van der Waals surface area (Å²) in [7, 11) is -3.41. The summed E-state index contributed by atoms with van der Waals surface area (Å²) in [6.45, 7) is 5.58. The summed E-state index contributed by atoms with van der Waals surface area (Å²) in [5, 5.41) is 6.11. The summed E-state index contributed by atoms with van der Waals surface area (Å²) in [5.41, 5.74) is 0.856. The van der Waals surface area contributed by atoms with Crippen LogP contribution in [-0.2, 0) is 15.6 Å². The van der Waals surface area contributed by atoms with E-state index in [1.165, 1.54) is 0 Å². The molecule has 8 heteroatoms. The number of nitrogens with one attached hydrogen (secondary N) is 2. The minimum absolute atomic E-state index is 0.0901. The van der Waals surface area contributed by atoms with Crippen LogP contribution < -0.4 is 10.6 Å². The third kappa shape index (κ3) is 5.07. The Morgan fingerprint density at radius 3 is 2.27 bits per heavy atom. The molecule has 3 aromatic rings. The maximum Gasteiger partial charge on any atom is 0.291 e. The van der Waals surface area contributed by atoms with Crippen molar-refractivity contribution < 1.29 is 22.4 Å². The van der Waals surface area contributed by atoms with Crippen molar-refractivity contribution in [2.75, 3.05) is 11.6 Å². The zero-order chi connectivity index (χ0) is 22.1. The molecule has 0 aliphatic heterocycles. The molecule has 2 N–H and O–H groups in total. The van der Waals surface area contributed by atoms with E-state index < -0.39 is 21.3 Å². The van der Waals surface area contributed by atoms with Gasteiger partial charge in [0.15, 0.2) is 15.6 Å². The van der Waals surface area contributed by atoms with Gasteiger partial charge in [-0.25, -0.2) is 8.42 Å². The fourth-order valence-electron chi connectivity index (χ4n) is 3.06. The predicted octanol–water partition coefficient (Wildman–Crippen LogP) is 3.76. The van der Waals surface area contributed by atoms with Crippen LogP contribution in [0, 0.1) is 0 Å². The summed E-state index contributed by atoms with van der Waals surface area (Å²) in [4.78, 5) is 25.6. The Morgan fingerprint density at radius 1 is 0.967 bits per heavy atom. The molecular weight excluding hydrogens is 404 g/mol. The smallest absolute Gasteiger partial charge is 0.291 e. The zero-order valence-corrected chi connectivity index (χ0v) is 18.1. The average molecular weight is 429 g/mol. The first-order valence-corrected chi connectivity index (χ1v) is 11.4. The molecule has 0 radical (unpaired) electrons. The predicted molar refractivity (Wildman–Crippen MR) is 116 cm³/mol. The molecule has 0 unspecified atom stereocenters. The van der Waals surface area contributed by atoms with Gasteiger partial charge in [0.1, 0.15) is 5.58 Å². The Hall–Kier alpha value is -3.13. The molecule has 0 saturated carbocycles. The molecule has 0 aliphatic carbocycles. The highest BCUT2D eigenvalue weighted by Gasteiger charge is 2.25. The number of carbonyl (C=O) groups excluding carboxylic acids is 2. The molecule has 2 aromatic carbocycles. The van der Waals surface area contributed by atoms with Gasteiger partial charge in [-0.2, -0.15) is 0 Å². The zero-order valence-electron chi connectivity index (χ0n) is 17.3. The van der Waals surface area contributed by atoms with E-state index in [-0.39, 0.29) is 17.4 Å². The van der Waals surface area contributed by atoms with Gasteiger partial charge in [0, 0.05) is 22.7 Å². The molecule has 0 bridgehead atoms. The number of fused-ring (bicyclic) bond motifs is 1. The number of sulfone groups is 1. The van der Waals surface area contributed by atoms with Crippen molar-refractivity contribution in [1.82, 2.24) is 5.32 Å². The summed E-state index contributed by atoms with van der Waals surface area (Å²) in [5.74, 6) is -1.38. The molecule has 0 spiro atoms. The molecule has 3 rings (SSSR count). The van der Waals surface area contributed by atoms with Gasteiger partial charge in [0.25, 0.3) is 11.8 Å². The van der Waals surface area contributed by atoms with E-state index in [9.17, 15) is 18.0 Å². The monoisotopic (exact) mass is 428 g/mol. The molecule has 0 fully saturated rings.